The Morgan fingerprint density at radius 1 is 1.12 bits per heavy atom. The molecule has 2 aromatic rings. The molecule has 3 rings (SSSR count). The number of amides is 1. The van der Waals surface area contributed by atoms with Crippen LogP contribution in [0.1, 0.15) is 30.4 Å². The molecular weight excluding hydrogens is 312 g/mol. The third-order valence-electron chi connectivity index (χ3n) is 4.63. The van der Waals surface area contributed by atoms with E-state index in [9.17, 15) is 4.79 Å². The zero-order chi connectivity index (χ0) is 17.3. The first-order chi connectivity index (χ1) is 12.3. The lowest BCUT2D eigenvalue weighted by molar-refractivity contribution is -0.121. The van der Waals surface area contributed by atoms with Crippen molar-refractivity contribution in [1.82, 2.24) is 10.6 Å². The molecule has 0 spiro atoms. The Kier molecular flexibility index (Phi) is 6.46. The SMILES string of the molecule is O=C(CCC1CCNC1)NCc1ccccc1OCc1ccccc1. The van der Waals surface area contributed by atoms with Crippen LogP contribution in [0.5, 0.6) is 5.75 Å². The molecule has 0 aliphatic carbocycles. The molecule has 2 N–H and O–H groups in total. The lowest BCUT2D eigenvalue weighted by atomic mass is 10.0. The van der Waals surface area contributed by atoms with Gasteiger partial charge in [0.25, 0.3) is 0 Å². The number of nitrogens with one attached hydrogen (secondary N) is 2. The van der Waals surface area contributed by atoms with Crippen molar-refractivity contribution in [3.8, 4) is 5.75 Å². The van der Waals surface area contributed by atoms with E-state index in [2.05, 4.69) is 10.6 Å². The van der Waals surface area contributed by atoms with Crippen molar-refractivity contribution in [2.75, 3.05) is 13.1 Å². The fourth-order valence-corrected chi connectivity index (χ4v) is 3.10. The highest BCUT2D eigenvalue weighted by Crippen LogP contribution is 2.19. The van der Waals surface area contributed by atoms with E-state index in [0.29, 0.717) is 25.5 Å². The van der Waals surface area contributed by atoms with Gasteiger partial charge in [-0.25, -0.2) is 0 Å². The van der Waals surface area contributed by atoms with Crippen LogP contribution in [0.15, 0.2) is 54.6 Å². The first-order valence-electron chi connectivity index (χ1n) is 9.03. The van der Waals surface area contributed by atoms with Gasteiger partial charge in [-0.1, -0.05) is 48.5 Å². The highest BCUT2D eigenvalue weighted by molar-refractivity contribution is 5.75. The van der Waals surface area contributed by atoms with Crippen molar-refractivity contribution in [3.63, 3.8) is 0 Å². The maximum Gasteiger partial charge on any atom is 0.220 e. The molecule has 1 aliphatic rings. The van der Waals surface area contributed by atoms with Crippen LogP contribution in [-0.2, 0) is 17.9 Å². The number of ether oxygens (including phenoxy) is 1. The summed E-state index contributed by atoms with van der Waals surface area (Å²) in [7, 11) is 0. The molecule has 1 amide bonds. The van der Waals surface area contributed by atoms with E-state index in [1.54, 1.807) is 0 Å². The van der Waals surface area contributed by atoms with E-state index in [4.69, 9.17) is 4.74 Å². The normalized spacial score (nSPS) is 16.6. The number of hydrogen-bond acceptors (Lipinski definition) is 3. The van der Waals surface area contributed by atoms with Crippen LogP contribution in [-0.4, -0.2) is 19.0 Å². The first kappa shape index (κ1) is 17.5. The molecule has 1 aliphatic heterocycles. The average molecular weight is 338 g/mol. The van der Waals surface area contributed by atoms with E-state index in [1.165, 1.54) is 6.42 Å². The summed E-state index contributed by atoms with van der Waals surface area (Å²) in [6.45, 7) is 3.16. The molecule has 4 heteroatoms. The zero-order valence-electron chi connectivity index (χ0n) is 14.5. The molecule has 1 unspecified atom stereocenters. The molecule has 4 nitrogen and oxygen atoms in total. The summed E-state index contributed by atoms with van der Waals surface area (Å²) in [5.41, 5.74) is 2.14. The molecule has 132 valence electrons. The van der Waals surface area contributed by atoms with E-state index < -0.39 is 0 Å². The fraction of sp³-hybridized carbons (Fsp3) is 0.381. The Balaban J connectivity index is 1.47. The summed E-state index contributed by atoms with van der Waals surface area (Å²) in [6.07, 6.45) is 2.74. The summed E-state index contributed by atoms with van der Waals surface area (Å²) in [6, 6.07) is 18.0. The quantitative estimate of drug-likeness (QED) is 0.777. The van der Waals surface area contributed by atoms with E-state index in [-0.39, 0.29) is 5.91 Å². The third-order valence-corrected chi connectivity index (χ3v) is 4.63. The molecule has 0 radical (unpaired) electrons. The van der Waals surface area contributed by atoms with Crippen molar-refractivity contribution >= 4 is 5.91 Å². The summed E-state index contributed by atoms with van der Waals surface area (Å²) in [4.78, 5) is 12.1. The molecule has 1 atom stereocenters. The van der Waals surface area contributed by atoms with Gasteiger partial charge in [-0.3, -0.25) is 4.79 Å². The van der Waals surface area contributed by atoms with Crippen LogP contribution in [0.3, 0.4) is 0 Å². The second-order valence-electron chi connectivity index (χ2n) is 6.56. The molecule has 25 heavy (non-hydrogen) atoms. The van der Waals surface area contributed by atoms with Gasteiger partial charge in [0.15, 0.2) is 0 Å². The highest BCUT2D eigenvalue weighted by atomic mass is 16.5. The van der Waals surface area contributed by atoms with Gasteiger partial charge in [0, 0.05) is 18.5 Å². The molecule has 0 bridgehead atoms. The van der Waals surface area contributed by atoms with Crippen LogP contribution < -0.4 is 15.4 Å². The van der Waals surface area contributed by atoms with Crippen molar-refractivity contribution in [1.29, 1.82) is 0 Å². The Bertz CT molecular complexity index is 667. The van der Waals surface area contributed by atoms with Crippen LogP contribution in [0.2, 0.25) is 0 Å². The summed E-state index contributed by atoms with van der Waals surface area (Å²) >= 11 is 0. The standard InChI is InChI=1S/C21H26N2O2/c24-21(11-10-17-12-13-22-14-17)23-15-19-8-4-5-9-20(19)25-16-18-6-2-1-3-7-18/h1-9,17,22H,10-16H2,(H,23,24). The maximum atomic E-state index is 12.1. The van der Waals surface area contributed by atoms with Gasteiger partial charge in [0.2, 0.25) is 5.91 Å². The van der Waals surface area contributed by atoms with Gasteiger partial charge < -0.3 is 15.4 Å². The molecular formula is C21H26N2O2. The number of rotatable bonds is 8. The molecule has 1 fully saturated rings. The van der Waals surface area contributed by atoms with Crippen LogP contribution in [0, 0.1) is 5.92 Å². The second-order valence-corrected chi connectivity index (χ2v) is 6.56. The minimum atomic E-state index is 0.116. The number of benzene rings is 2. The molecule has 0 saturated carbocycles. The van der Waals surface area contributed by atoms with E-state index >= 15 is 0 Å². The van der Waals surface area contributed by atoms with Crippen molar-refractivity contribution in [3.05, 3.63) is 65.7 Å². The smallest absolute Gasteiger partial charge is 0.220 e. The van der Waals surface area contributed by atoms with Gasteiger partial charge in [-0.2, -0.15) is 0 Å². The van der Waals surface area contributed by atoms with Crippen molar-refractivity contribution in [2.45, 2.75) is 32.4 Å². The van der Waals surface area contributed by atoms with Crippen molar-refractivity contribution in [2.24, 2.45) is 5.92 Å². The van der Waals surface area contributed by atoms with E-state index in [0.717, 1.165) is 36.4 Å². The minimum Gasteiger partial charge on any atom is -0.489 e. The first-order valence-corrected chi connectivity index (χ1v) is 9.03. The highest BCUT2D eigenvalue weighted by Gasteiger charge is 2.15. The topological polar surface area (TPSA) is 50.4 Å². The molecule has 2 aromatic carbocycles. The fourth-order valence-electron chi connectivity index (χ4n) is 3.10. The summed E-state index contributed by atoms with van der Waals surface area (Å²) in [5.74, 6) is 1.59. The monoisotopic (exact) mass is 338 g/mol. The van der Waals surface area contributed by atoms with Crippen LogP contribution >= 0.6 is 0 Å². The second kappa shape index (κ2) is 9.23. The van der Waals surface area contributed by atoms with E-state index in [1.807, 2.05) is 54.6 Å². The lowest BCUT2D eigenvalue weighted by Gasteiger charge is -2.13. The largest absolute Gasteiger partial charge is 0.489 e. The molecule has 0 aromatic heterocycles. The van der Waals surface area contributed by atoms with Gasteiger partial charge in [0.1, 0.15) is 12.4 Å². The predicted molar refractivity (Wildman–Crippen MR) is 99.3 cm³/mol. The molecule has 1 heterocycles. The van der Waals surface area contributed by atoms with Crippen molar-refractivity contribution < 1.29 is 9.53 Å². The van der Waals surface area contributed by atoms with Crippen LogP contribution in [0.25, 0.3) is 0 Å². The predicted octanol–water partition coefficient (Wildman–Crippen LogP) is 3.27. The Morgan fingerprint density at radius 3 is 2.72 bits per heavy atom. The summed E-state index contributed by atoms with van der Waals surface area (Å²) < 4.78 is 5.94. The Morgan fingerprint density at radius 2 is 1.92 bits per heavy atom. The van der Waals surface area contributed by atoms with Gasteiger partial charge >= 0.3 is 0 Å². The van der Waals surface area contributed by atoms with Gasteiger partial charge in [-0.05, 0) is 43.5 Å². The Hall–Kier alpha value is -2.33. The number of carbonyl (C=O) groups is 1. The van der Waals surface area contributed by atoms with Gasteiger partial charge in [-0.15, -0.1) is 0 Å². The average Bonchev–Trinajstić information content (AvgIpc) is 3.18. The lowest BCUT2D eigenvalue weighted by Crippen LogP contribution is -2.23. The third kappa shape index (κ3) is 5.61. The van der Waals surface area contributed by atoms with Gasteiger partial charge in [0.05, 0.1) is 0 Å². The maximum absolute atomic E-state index is 12.1. The number of hydrogen-bond donors (Lipinski definition) is 2. The Labute approximate surface area is 149 Å². The number of carbonyl (C=O) groups excluding carboxylic acids is 1. The molecule has 1 saturated heterocycles. The zero-order valence-corrected chi connectivity index (χ0v) is 14.5. The summed E-state index contributed by atoms with van der Waals surface area (Å²) in [5, 5.41) is 6.36. The number of para-hydroxylation sites is 1. The van der Waals surface area contributed by atoms with Crippen LogP contribution in [0.4, 0.5) is 0 Å². The minimum absolute atomic E-state index is 0.116.